The number of unbranched alkanes of at least 4 members (excludes halogenated alkanes) is 6. The van der Waals surface area contributed by atoms with Gasteiger partial charge in [0.15, 0.2) is 0 Å². The molecule has 0 fully saturated rings. The molecule has 0 aliphatic carbocycles. The second-order valence-corrected chi connectivity index (χ2v) is 26.8. The fourth-order valence-corrected chi connectivity index (χ4v) is 10.8. The average Bonchev–Trinajstić information content (AvgIpc) is 3.96. The van der Waals surface area contributed by atoms with Crippen molar-refractivity contribution in [3.8, 4) is 11.8 Å². The normalized spacial score (nSPS) is 19.5. The van der Waals surface area contributed by atoms with Gasteiger partial charge in [0.2, 0.25) is 12.5 Å². The number of carboxylic acid groups (broad SMARTS) is 1. The Kier molecular flexibility index (Phi) is 29.8. The summed E-state index contributed by atoms with van der Waals surface area (Å²) in [5, 5.41) is 10.7. The summed E-state index contributed by atoms with van der Waals surface area (Å²) in [6.45, 7) is 36.6. The highest BCUT2D eigenvalue weighted by atomic mass is 127. The molecule has 18 heteroatoms. The van der Waals surface area contributed by atoms with Crippen LogP contribution in [0.1, 0.15) is 193 Å². The molecular formula is C55H96ClIN6O8S2. The van der Waals surface area contributed by atoms with Crippen LogP contribution in [-0.4, -0.2) is 114 Å². The van der Waals surface area contributed by atoms with Crippen molar-refractivity contribution in [1.82, 2.24) is 17.5 Å². The van der Waals surface area contributed by atoms with E-state index in [4.69, 9.17) is 18.9 Å². The van der Waals surface area contributed by atoms with Gasteiger partial charge in [-0.15, -0.1) is 8.75 Å². The molecular weight excluding hydrogens is 1100 g/mol. The monoisotopic (exact) mass is 1190 g/mol. The first-order chi connectivity index (χ1) is 33.4. The summed E-state index contributed by atoms with van der Waals surface area (Å²) in [5.41, 5.74) is 2.25. The number of aliphatic carboxylic acids is 1. The minimum atomic E-state index is -0.954. The average molecular weight is 1200 g/mol. The summed E-state index contributed by atoms with van der Waals surface area (Å²) in [6, 6.07) is 0. The first kappa shape index (κ1) is 68.6. The van der Waals surface area contributed by atoms with Crippen molar-refractivity contribution in [3.63, 3.8) is 0 Å². The van der Waals surface area contributed by atoms with E-state index < -0.39 is 22.2 Å². The van der Waals surface area contributed by atoms with E-state index in [1.807, 2.05) is 41.5 Å². The van der Waals surface area contributed by atoms with Gasteiger partial charge in [-0.25, -0.2) is 0 Å². The Balaban J connectivity index is 0.000000592. The zero-order valence-electron chi connectivity index (χ0n) is 48.2. The van der Waals surface area contributed by atoms with Crippen molar-refractivity contribution in [2.75, 3.05) is 53.5 Å². The van der Waals surface area contributed by atoms with E-state index in [2.05, 4.69) is 122 Å². The van der Waals surface area contributed by atoms with Crippen LogP contribution < -0.4 is 27.0 Å². The van der Waals surface area contributed by atoms with Gasteiger partial charge in [0.05, 0.1) is 74.7 Å². The molecule has 0 bridgehead atoms. The highest BCUT2D eigenvalue weighted by molar-refractivity contribution is 14.1. The SMILES string of the molecule is CC(C)C(I)CC(C)(C)C(=O)[O-].CCCCCCOc1nsnc1C1=CCC[N+](C)(C(OC(=O)C(C)(C)C)C(C)C)C1.CCCCCCOc1nsnc1C1=CCC[N+](C)(C(OC(=O)C(C)(C)C)C(C)C)C1.[Cl-]. The van der Waals surface area contributed by atoms with Crippen LogP contribution in [0.25, 0.3) is 11.1 Å². The molecule has 73 heavy (non-hydrogen) atoms. The summed E-state index contributed by atoms with van der Waals surface area (Å²) in [4.78, 5) is 35.9. The summed E-state index contributed by atoms with van der Waals surface area (Å²) < 4.78 is 43.6. The molecule has 2 aromatic heterocycles. The molecule has 5 atom stereocenters. The Bertz CT molecular complexity index is 1910. The first-order valence-electron chi connectivity index (χ1n) is 26.7. The fraction of sp³-hybridized carbons (Fsp3) is 0.800. The van der Waals surface area contributed by atoms with Crippen molar-refractivity contribution in [2.45, 2.75) is 198 Å². The van der Waals surface area contributed by atoms with Crippen LogP contribution in [0.3, 0.4) is 0 Å². The summed E-state index contributed by atoms with van der Waals surface area (Å²) >= 11 is 4.70. The van der Waals surface area contributed by atoms with Crippen LogP contribution in [0.5, 0.6) is 11.8 Å². The van der Waals surface area contributed by atoms with Crippen LogP contribution in [0.2, 0.25) is 0 Å². The summed E-state index contributed by atoms with van der Waals surface area (Å²) in [7, 11) is 4.36. The zero-order chi connectivity index (χ0) is 54.7. The standard InChI is InChI=1S/2C23H40N3O3S.C9H17IO2.ClH/c2*1-8-9-10-11-15-28-20-19(24-30-25-20)18-13-12-14-26(7,16-18)21(17(2)3)29-22(27)23(4,5)6;1-6(2)7(10)5-9(3,4)8(11)12;/h2*13,17,21H,8-12,14-16H2,1-7H3;6-7H,5H2,1-4H3,(H,11,12);1H/q2*+1;;/p-2. The molecule has 14 nitrogen and oxygen atoms in total. The number of alkyl halides is 1. The minimum Gasteiger partial charge on any atom is -1.00 e. The molecule has 2 aliphatic rings. The van der Waals surface area contributed by atoms with Gasteiger partial charge in [-0.2, -0.15) is 8.75 Å². The third-order valence-corrected chi connectivity index (χ3v) is 16.1. The third kappa shape index (κ3) is 22.6. The lowest BCUT2D eigenvalue weighted by atomic mass is 9.85. The maximum absolute atomic E-state index is 12.6. The number of rotatable bonds is 24. The Morgan fingerprint density at radius 2 is 1.00 bits per heavy atom. The molecule has 0 saturated carbocycles. The fourth-order valence-electron chi connectivity index (χ4n) is 8.59. The smallest absolute Gasteiger partial charge is 0.315 e. The van der Waals surface area contributed by atoms with Crippen LogP contribution in [0.4, 0.5) is 0 Å². The predicted molar refractivity (Wildman–Crippen MR) is 301 cm³/mol. The Labute approximate surface area is 470 Å². The van der Waals surface area contributed by atoms with E-state index >= 15 is 0 Å². The van der Waals surface area contributed by atoms with Crippen molar-refractivity contribution in [2.24, 2.45) is 34.0 Å². The number of carbonyl (C=O) groups excluding carboxylic acids is 3. The molecule has 0 radical (unpaired) electrons. The first-order valence-corrected chi connectivity index (χ1v) is 29.4. The lowest BCUT2D eigenvalue weighted by molar-refractivity contribution is -0.950. The van der Waals surface area contributed by atoms with Crippen LogP contribution in [-0.2, 0) is 23.9 Å². The second kappa shape index (κ2) is 31.7. The number of nitrogens with zero attached hydrogens (tertiary/aromatic N) is 6. The van der Waals surface area contributed by atoms with Gasteiger partial charge >= 0.3 is 11.9 Å². The lowest BCUT2D eigenvalue weighted by Gasteiger charge is -2.44. The van der Waals surface area contributed by atoms with Crippen LogP contribution in [0.15, 0.2) is 12.2 Å². The maximum Gasteiger partial charge on any atom is 0.315 e. The largest absolute Gasteiger partial charge is 1.00 e. The molecule has 0 saturated heterocycles. The quantitative estimate of drug-likeness (QED) is 0.0323. The van der Waals surface area contributed by atoms with Crippen molar-refractivity contribution >= 4 is 75.1 Å². The molecule has 2 aromatic rings. The molecule has 4 heterocycles. The highest BCUT2D eigenvalue weighted by Gasteiger charge is 2.44. The number of hydrogen-bond donors (Lipinski definition) is 0. The Morgan fingerprint density at radius 3 is 1.30 bits per heavy atom. The van der Waals surface area contributed by atoms with Gasteiger partial charge in [-0.05, 0) is 66.7 Å². The number of hydrogen-bond acceptors (Lipinski definition) is 14. The molecule has 2 aliphatic heterocycles. The number of carboxylic acids is 1. The van der Waals surface area contributed by atoms with Crippen molar-refractivity contribution in [3.05, 3.63) is 23.5 Å². The van der Waals surface area contributed by atoms with E-state index in [1.54, 1.807) is 13.8 Å². The number of likely N-dealkylation sites (N-methyl/N-ethyl adjacent to an activating group) is 2. The van der Waals surface area contributed by atoms with Crippen LogP contribution in [0, 0.1) is 34.0 Å². The number of ether oxygens (including phenoxy) is 4. The summed E-state index contributed by atoms with van der Waals surface area (Å²) in [6.07, 6.45) is 15.9. The predicted octanol–water partition coefficient (Wildman–Crippen LogP) is 9.22. The van der Waals surface area contributed by atoms with Crippen LogP contribution >= 0.6 is 46.0 Å². The molecule has 4 rings (SSSR count). The van der Waals surface area contributed by atoms with Gasteiger partial charge in [0.25, 0.3) is 11.8 Å². The molecule has 0 spiro atoms. The third-order valence-electron chi connectivity index (χ3n) is 13.2. The van der Waals surface area contributed by atoms with Gasteiger partial charge < -0.3 is 41.3 Å². The van der Waals surface area contributed by atoms with E-state index in [9.17, 15) is 19.5 Å². The van der Waals surface area contributed by atoms with E-state index in [0.717, 1.165) is 74.4 Å². The molecule has 0 N–H and O–H groups in total. The summed E-state index contributed by atoms with van der Waals surface area (Å²) in [5.74, 6) is 0.972. The number of aromatic nitrogens is 4. The van der Waals surface area contributed by atoms with Gasteiger partial charge in [0.1, 0.15) is 24.5 Å². The highest BCUT2D eigenvalue weighted by Crippen LogP contribution is 2.36. The zero-order valence-corrected chi connectivity index (χ0v) is 52.7. The number of quaternary nitrogens is 2. The van der Waals surface area contributed by atoms with E-state index in [0.29, 0.717) is 50.2 Å². The van der Waals surface area contributed by atoms with E-state index in [1.165, 1.54) is 62.0 Å². The Morgan fingerprint density at radius 1 is 0.630 bits per heavy atom. The molecule has 0 aromatic carbocycles. The lowest BCUT2D eigenvalue weighted by Crippen LogP contribution is -3.00. The second-order valence-electron chi connectivity index (χ2n) is 24.1. The number of carbonyl (C=O) groups is 3. The van der Waals surface area contributed by atoms with Crippen molar-refractivity contribution in [1.29, 1.82) is 0 Å². The molecule has 5 unspecified atom stereocenters. The molecule has 0 amide bonds. The number of esters is 2. The molecule has 420 valence electrons. The topological polar surface area (TPSA) is 163 Å². The van der Waals surface area contributed by atoms with Crippen molar-refractivity contribution < 1.29 is 59.8 Å². The van der Waals surface area contributed by atoms with E-state index in [-0.39, 0.29) is 48.6 Å². The Hall–Kier alpha value is -2.45. The maximum atomic E-state index is 12.6. The van der Waals surface area contributed by atoms with Gasteiger partial charge in [-0.1, -0.05) is 143 Å². The minimum absolute atomic E-state index is 0. The number of halogens is 2. The van der Waals surface area contributed by atoms with Gasteiger partial charge in [0, 0.05) is 51.1 Å². The van der Waals surface area contributed by atoms with Gasteiger partial charge in [-0.3, -0.25) is 18.6 Å².